The first-order valence-electron chi connectivity index (χ1n) is 7.45. The fraction of sp³-hybridized carbons (Fsp3) is 0.500. The zero-order valence-electron chi connectivity index (χ0n) is 12.1. The van der Waals surface area contributed by atoms with Crippen LogP contribution in [0.15, 0.2) is 30.3 Å². The highest BCUT2D eigenvalue weighted by atomic mass is 16.2. The number of carbonyl (C=O) groups excluding carboxylic acids is 2. The van der Waals surface area contributed by atoms with Gasteiger partial charge in [0.05, 0.1) is 6.04 Å². The molecule has 0 saturated heterocycles. The molecule has 2 rings (SSSR count). The molecule has 1 unspecified atom stereocenters. The summed E-state index contributed by atoms with van der Waals surface area (Å²) >= 11 is 0. The molecule has 0 radical (unpaired) electrons. The Labute approximate surface area is 125 Å². The summed E-state index contributed by atoms with van der Waals surface area (Å²) in [6.45, 7) is 0. The molecule has 2 amide bonds. The maximum atomic E-state index is 12.1. The highest BCUT2D eigenvalue weighted by molar-refractivity contribution is 5.82. The number of hydrogen-bond donors (Lipinski definition) is 3. The normalized spacial score (nSPS) is 23.3. The van der Waals surface area contributed by atoms with Gasteiger partial charge in [-0.05, 0) is 37.7 Å². The summed E-state index contributed by atoms with van der Waals surface area (Å²) in [6.07, 6.45) is 3.60. The molecule has 0 aliphatic heterocycles. The van der Waals surface area contributed by atoms with E-state index in [0.717, 1.165) is 31.2 Å². The number of nitrogens with two attached hydrogens (primary N) is 2. The van der Waals surface area contributed by atoms with Crippen molar-refractivity contribution in [2.24, 2.45) is 17.4 Å². The lowest BCUT2D eigenvalue weighted by molar-refractivity contribution is -0.123. The Balaban J connectivity index is 1.78. The topological polar surface area (TPSA) is 98.2 Å². The number of primary amides is 1. The molecule has 1 aliphatic rings. The Bertz CT molecular complexity index is 482. The van der Waals surface area contributed by atoms with Gasteiger partial charge < -0.3 is 16.8 Å². The quantitative estimate of drug-likeness (QED) is 0.744. The Hall–Kier alpha value is -1.88. The molecule has 1 saturated carbocycles. The first kappa shape index (κ1) is 15.5. The molecule has 0 aromatic heterocycles. The van der Waals surface area contributed by atoms with Crippen LogP contribution in [0, 0.1) is 5.92 Å². The van der Waals surface area contributed by atoms with E-state index >= 15 is 0 Å². The molecule has 0 spiro atoms. The van der Waals surface area contributed by atoms with E-state index < -0.39 is 6.04 Å². The van der Waals surface area contributed by atoms with Crippen LogP contribution in [0.3, 0.4) is 0 Å². The summed E-state index contributed by atoms with van der Waals surface area (Å²) in [5.41, 5.74) is 12.3. The molecule has 1 fully saturated rings. The molecule has 21 heavy (non-hydrogen) atoms. The van der Waals surface area contributed by atoms with Gasteiger partial charge in [-0.25, -0.2) is 0 Å². The molecule has 1 aromatic carbocycles. The second-order valence-electron chi connectivity index (χ2n) is 5.76. The maximum absolute atomic E-state index is 12.1. The van der Waals surface area contributed by atoms with Gasteiger partial charge in [0, 0.05) is 12.0 Å². The van der Waals surface area contributed by atoms with E-state index in [1.165, 1.54) is 0 Å². The predicted molar refractivity (Wildman–Crippen MR) is 81.2 cm³/mol. The van der Waals surface area contributed by atoms with Crippen LogP contribution < -0.4 is 16.8 Å². The Morgan fingerprint density at radius 3 is 2.33 bits per heavy atom. The molecule has 5 nitrogen and oxygen atoms in total. The van der Waals surface area contributed by atoms with E-state index in [2.05, 4.69) is 5.32 Å². The summed E-state index contributed by atoms with van der Waals surface area (Å²) in [6, 6.07) is 9.30. The third-order valence-electron chi connectivity index (χ3n) is 4.11. The van der Waals surface area contributed by atoms with Gasteiger partial charge in [-0.2, -0.15) is 0 Å². The van der Waals surface area contributed by atoms with Crippen LogP contribution in [0.1, 0.15) is 31.2 Å². The highest BCUT2D eigenvalue weighted by Crippen LogP contribution is 2.23. The summed E-state index contributed by atoms with van der Waals surface area (Å²) in [7, 11) is 0. The molecule has 0 bridgehead atoms. The van der Waals surface area contributed by atoms with Crippen LogP contribution in [0.4, 0.5) is 0 Å². The molecule has 1 aromatic rings. The van der Waals surface area contributed by atoms with Gasteiger partial charge in [-0.1, -0.05) is 30.3 Å². The Kier molecular flexibility index (Phi) is 5.33. The van der Waals surface area contributed by atoms with Crippen LogP contribution in [0.5, 0.6) is 0 Å². The van der Waals surface area contributed by atoms with E-state index in [1.54, 1.807) is 0 Å². The van der Waals surface area contributed by atoms with Gasteiger partial charge in [0.15, 0.2) is 0 Å². The van der Waals surface area contributed by atoms with E-state index in [0.29, 0.717) is 6.42 Å². The van der Waals surface area contributed by atoms with Crippen molar-refractivity contribution in [3.63, 3.8) is 0 Å². The van der Waals surface area contributed by atoms with E-state index in [4.69, 9.17) is 11.5 Å². The van der Waals surface area contributed by atoms with Gasteiger partial charge in [-0.3, -0.25) is 9.59 Å². The molecular formula is C16H23N3O2. The third-order valence-corrected chi connectivity index (χ3v) is 4.11. The summed E-state index contributed by atoms with van der Waals surface area (Å²) in [5.74, 6) is -0.405. The van der Waals surface area contributed by atoms with Crippen molar-refractivity contribution in [1.29, 1.82) is 0 Å². The minimum absolute atomic E-state index is 0.0452. The lowest BCUT2D eigenvalue weighted by atomic mass is 9.85. The fourth-order valence-electron chi connectivity index (χ4n) is 2.79. The molecule has 114 valence electrons. The van der Waals surface area contributed by atoms with Crippen LogP contribution in [-0.2, 0) is 16.0 Å². The number of rotatable bonds is 5. The highest BCUT2D eigenvalue weighted by Gasteiger charge is 2.26. The Morgan fingerprint density at radius 1 is 1.14 bits per heavy atom. The van der Waals surface area contributed by atoms with Gasteiger partial charge in [-0.15, -0.1) is 0 Å². The van der Waals surface area contributed by atoms with Gasteiger partial charge in [0.25, 0.3) is 0 Å². The number of nitrogens with one attached hydrogen (secondary N) is 1. The van der Waals surface area contributed by atoms with Crippen molar-refractivity contribution in [1.82, 2.24) is 5.32 Å². The monoisotopic (exact) mass is 289 g/mol. The van der Waals surface area contributed by atoms with Crippen LogP contribution in [0.25, 0.3) is 0 Å². The number of benzene rings is 1. The summed E-state index contributed by atoms with van der Waals surface area (Å²) in [4.78, 5) is 23.2. The first-order chi connectivity index (χ1) is 10.1. The SMILES string of the molecule is NC(=O)C1CCC(NC(=O)C(N)Cc2ccccc2)CC1. The largest absolute Gasteiger partial charge is 0.369 e. The molecule has 1 atom stereocenters. The Morgan fingerprint density at radius 2 is 1.76 bits per heavy atom. The number of carbonyl (C=O) groups is 2. The van der Waals surface area contributed by atoms with Crippen LogP contribution in [0.2, 0.25) is 0 Å². The van der Waals surface area contributed by atoms with Gasteiger partial charge in [0.2, 0.25) is 11.8 Å². The maximum Gasteiger partial charge on any atom is 0.237 e. The number of amides is 2. The van der Waals surface area contributed by atoms with Crippen molar-refractivity contribution < 1.29 is 9.59 Å². The average Bonchev–Trinajstić information content (AvgIpc) is 2.48. The van der Waals surface area contributed by atoms with Crippen LogP contribution >= 0.6 is 0 Å². The minimum atomic E-state index is -0.540. The fourth-order valence-corrected chi connectivity index (χ4v) is 2.79. The van der Waals surface area contributed by atoms with E-state index in [9.17, 15) is 9.59 Å². The molecule has 5 N–H and O–H groups in total. The smallest absolute Gasteiger partial charge is 0.237 e. The number of hydrogen-bond acceptors (Lipinski definition) is 3. The van der Waals surface area contributed by atoms with Crippen LogP contribution in [-0.4, -0.2) is 23.9 Å². The second kappa shape index (κ2) is 7.22. The van der Waals surface area contributed by atoms with Crippen molar-refractivity contribution >= 4 is 11.8 Å². The lowest BCUT2D eigenvalue weighted by Crippen LogP contribution is -2.47. The molecular weight excluding hydrogens is 266 g/mol. The molecule has 1 aliphatic carbocycles. The van der Waals surface area contributed by atoms with Crippen molar-refractivity contribution in [3.05, 3.63) is 35.9 Å². The van der Waals surface area contributed by atoms with Crippen molar-refractivity contribution in [2.75, 3.05) is 0 Å². The third kappa shape index (κ3) is 4.56. The van der Waals surface area contributed by atoms with Crippen molar-refractivity contribution in [2.45, 2.75) is 44.2 Å². The minimum Gasteiger partial charge on any atom is -0.369 e. The standard InChI is InChI=1S/C16H23N3O2/c17-14(10-11-4-2-1-3-5-11)16(21)19-13-8-6-12(7-9-13)15(18)20/h1-5,12-14H,6-10,17H2,(H2,18,20)(H,19,21). The lowest BCUT2D eigenvalue weighted by Gasteiger charge is -2.28. The summed E-state index contributed by atoms with van der Waals surface area (Å²) in [5, 5.41) is 2.98. The molecule has 5 heteroatoms. The molecule has 0 heterocycles. The zero-order valence-corrected chi connectivity index (χ0v) is 12.1. The van der Waals surface area contributed by atoms with E-state index in [-0.39, 0.29) is 23.8 Å². The second-order valence-corrected chi connectivity index (χ2v) is 5.76. The average molecular weight is 289 g/mol. The zero-order chi connectivity index (χ0) is 15.2. The van der Waals surface area contributed by atoms with Crippen molar-refractivity contribution in [3.8, 4) is 0 Å². The van der Waals surface area contributed by atoms with Gasteiger partial charge in [0.1, 0.15) is 0 Å². The first-order valence-corrected chi connectivity index (χ1v) is 7.45. The van der Waals surface area contributed by atoms with Gasteiger partial charge >= 0.3 is 0 Å². The summed E-state index contributed by atoms with van der Waals surface area (Å²) < 4.78 is 0. The van der Waals surface area contributed by atoms with E-state index in [1.807, 2.05) is 30.3 Å². The predicted octanol–water partition coefficient (Wildman–Crippen LogP) is 0.717.